The molecule has 0 aliphatic carbocycles. The summed E-state index contributed by atoms with van der Waals surface area (Å²) in [6, 6.07) is 41.7. The zero-order chi connectivity index (χ0) is 50.7. The molecule has 3 heterocycles. The van der Waals surface area contributed by atoms with Gasteiger partial charge in [0, 0.05) is 40.7 Å². The summed E-state index contributed by atoms with van der Waals surface area (Å²) in [5, 5.41) is 2.30. The van der Waals surface area contributed by atoms with Gasteiger partial charge in [-0.3, -0.25) is 0 Å². The Morgan fingerprint density at radius 1 is 0.592 bits per heavy atom. The second-order valence-corrected chi connectivity index (χ2v) is 24.2. The number of benzene rings is 5. The van der Waals surface area contributed by atoms with Crippen molar-refractivity contribution >= 4 is 33.5 Å². The number of ether oxygens (including phenoxy) is 1. The quantitative estimate of drug-likeness (QED) is 0.108. The molecule has 0 bridgehead atoms. The van der Waals surface area contributed by atoms with Crippen molar-refractivity contribution in [2.75, 3.05) is 11.4 Å². The molecule has 5 aromatic carbocycles. The van der Waals surface area contributed by atoms with Gasteiger partial charge in [0.15, 0.2) is 0 Å². The molecule has 0 saturated heterocycles. The molecule has 1 atom stereocenters. The van der Waals surface area contributed by atoms with Crippen LogP contribution in [0.2, 0.25) is 0 Å². The zero-order valence-electron chi connectivity index (χ0n) is 46.1. The smallest absolute Gasteiger partial charge is 0.503 e. The van der Waals surface area contributed by atoms with E-state index in [-0.39, 0.29) is 37.9 Å². The second kappa shape index (κ2) is 20.9. The molecule has 0 N–H and O–H groups in total. The van der Waals surface area contributed by atoms with Crippen molar-refractivity contribution in [3.8, 4) is 28.3 Å². The summed E-state index contributed by atoms with van der Waals surface area (Å²) in [5.41, 5.74) is 15.1. The fourth-order valence-corrected chi connectivity index (χ4v) is 11.2. The first kappa shape index (κ1) is 53.8. The van der Waals surface area contributed by atoms with Gasteiger partial charge in [0.05, 0.1) is 17.4 Å². The fourth-order valence-electron chi connectivity index (χ4n) is 11.2. The zero-order valence-corrected chi connectivity index (χ0v) is 48.3. The molecule has 0 amide bonds. The van der Waals surface area contributed by atoms with Crippen LogP contribution < -0.4 is 9.64 Å². The minimum Gasteiger partial charge on any atom is -0.503 e. The summed E-state index contributed by atoms with van der Waals surface area (Å²) in [7, 11) is 0. The number of hydrogen-bond donors (Lipinski definition) is 0. The Hall–Kier alpha value is -4.99. The van der Waals surface area contributed by atoms with E-state index < -0.39 is 0 Å². The molecule has 1 aliphatic heterocycles. The van der Waals surface area contributed by atoms with Gasteiger partial charge in [-0.2, -0.15) is 0 Å². The van der Waals surface area contributed by atoms with Crippen LogP contribution in [0.3, 0.4) is 0 Å². The molecular formula is C65H80N4OPt. The van der Waals surface area contributed by atoms with E-state index in [1.807, 2.05) is 12.3 Å². The van der Waals surface area contributed by atoms with E-state index in [0.717, 1.165) is 51.3 Å². The van der Waals surface area contributed by atoms with Crippen LogP contribution in [0.15, 0.2) is 102 Å². The predicted molar refractivity (Wildman–Crippen MR) is 299 cm³/mol. The first-order valence-electron chi connectivity index (χ1n) is 26.3. The maximum atomic E-state index is 7.30. The normalized spacial score (nSPS) is 14.7. The van der Waals surface area contributed by atoms with Gasteiger partial charge < -0.3 is 19.2 Å². The van der Waals surface area contributed by atoms with Gasteiger partial charge in [-0.15, -0.1) is 35.4 Å². The third kappa shape index (κ3) is 10.7. The van der Waals surface area contributed by atoms with Gasteiger partial charge in [0.1, 0.15) is 5.65 Å². The number of aromatic nitrogens is 2. The van der Waals surface area contributed by atoms with E-state index in [2.05, 4.69) is 231 Å². The molecule has 0 unspecified atom stereocenters. The number of fused-ring (bicyclic) bond motifs is 3. The predicted octanol–water partition coefficient (Wildman–Crippen LogP) is 17.9. The first-order chi connectivity index (χ1) is 32.9. The largest absolute Gasteiger partial charge is 2.00 e. The Labute approximate surface area is 442 Å². The maximum absolute atomic E-state index is 7.30. The number of nitrogens with zero attached hydrogens (tertiary/aromatic N) is 4. The van der Waals surface area contributed by atoms with Crippen LogP contribution in [0.5, 0.6) is 11.5 Å². The van der Waals surface area contributed by atoms with E-state index in [1.165, 1.54) is 44.5 Å². The van der Waals surface area contributed by atoms with Gasteiger partial charge >= 0.3 is 21.1 Å². The molecule has 71 heavy (non-hydrogen) atoms. The number of para-hydroxylation sites is 1. The average Bonchev–Trinajstić information content (AvgIpc) is 3.86. The minimum atomic E-state index is -0.192. The number of aliphatic imine (C=N–C) groups is 1. The van der Waals surface area contributed by atoms with Crippen LogP contribution in [0.25, 0.3) is 38.8 Å². The Balaban J connectivity index is 0.00000741. The molecule has 0 fully saturated rings. The number of pyridine rings is 1. The van der Waals surface area contributed by atoms with Crippen molar-refractivity contribution in [3.63, 3.8) is 0 Å². The number of rotatable bonds is 13. The molecule has 6 heteroatoms. The summed E-state index contributed by atoms with van der Waals surface area (Å²) in [6.07, 6.45) is 1.89. The molecule has 1 aliphatic rings. The molecule has 376 valence electrons. The summed E-state index contributed by atoms with van der Waals surface area (Å²) in [5.74, 6) is 4.82. The molecule has 5 nitrogen and oxygen atoms in total. The first-order valence-corrected chi connectivity index (χ1v) is 26.3. The third-order valence-electron chi connectivity index (χ3n) is 14.8. The van der Waals surface area contributed by atoms with Gasteiger partial charge in [-0.1, -0.05) is 190 Å². The van der Waals surface area contributed by atoms with Gasteiger partial charge in [-0.25, -0.2) is 4.98 Å². The fraction of sp³-hybridized carbons (Fsp3) is 0.446. The molecule has 8 rings (SSSR count). The van der Waals surface area contributed by atoms with E-state index in [1.54, 1.807) is 0 Å². The average molecular weight is 1130 g/mol. The van der Waals surface area contributed by atoms with Gasteiger partial charge in [-0.05, 0) is 110 Å². The summed E-state index contributed by atoms with van der Waals surface area (Å²) < 4.78 is 9.57. The standard InChI is InChI=1S/C65H80N4O.Pt/c1-38(2)51-22-19-23-52(39(3)4)60(51)44-30-45(62-67-57(59(42(9)10)43(11)12)37-68(62)61-53(40(5)6)24-20-25-54(61)41(7)8)32-49(31-44)70-50-34-47(65(16,17)18)33-48(36-50)69-58-28-27-46(64(13,14)15)35-56(58)55-26-21-29-66-63(55)69;/h19-31,33-35,38-43,57,59H,37H2,1-18H3;/q-2;+2/t57-;/m0./s1. The van der Waals surface area contributed by atoms with Gasteiger partial charge in [0.25, 0.3) is 0 Å². The SMILES string of the molecule is CC(C)c1cccc(C(C)C)c1-c1cc(Oc2[c-]c(-n3c4ccc(C(C)(C)C)cc4c4cccnc43)cc(C(C)(C)C)c2)[c-]c(C2=N[C@H](C(C(C)C)C(C)C)CN2c2c(C(C)C)cccc2C(C)C)c1.[Pt+2]. The molecule has 7 aromatic rings. The second-order valence-electron chi connectivity index (χ2n) is 24.2. The Morgan fingerprint density at radius 3 is 1.70 bits per heavy atom. The van der Waals surface area contributed by atoms with Crippen molar-refractivity contribution in [2.24, 2.45) is 22.7 Å². The van der Waals surface area contributed by atoms with Crippen LogP contribution >= 0.6 is 0 Å². The van der Waals surface area contributed by atoms with E-state index in [0.29, 0.717) is 52.9 Å². The third-order valence-corrected chi connectivity index (χ3v) is 14.8. The van der Waals surface area contributed by atoms with E-state index in [4.69, 9.17) is 14.7 Å². The Bertz CT molecular complexity index is 3000. The molecule has 2 aromatic heterocycles. The topological polar surface area (TPSA) is 42.6 Å². The summed E-state index contributed by atoms with van der Waals surface area (Å²) in [4.78, 5) is 13.5. The summed E-state index contributed by atoms with van der Waals surface area (Å²) >= 11 is 0. The van der Waals surface area contributed by atoms with E-state index in [9.17, 15) is 0 Å². The molecule has 0 saturated carbocycles. The number of hydrogen-bond acceptors (Lipinski definition) is 4. The number of anilines is 1. The van der Waals surface area contributed by atoms with Crippen molar-refractivity contribution in [1.82, 2.24) is 9.55 Å². The van der Waals surface area contributed by atoms with Crippen LogP contribution in [0, 0.1) is 29.9 Å². The van der Waals surface area contributed by atoms with Crippen molar-refractivity contribution in [3.05, 3.63) is 148 Å². The monoisotopic (exact) mass is 1130 g/mol. The van der Waals surface area contributed by atoms with Crippen molar-refractivity contribution in [1.29, 1.82) is 0 Å². The Morgan fingerprint density at radius 2 is 1.15 bits per heavy atom. The van der Waals surface area contributed by atoms with Crippen molar-refractivity contribution in [2.45, 2.75) is 165 Å². The molecular weight excluding hydrogens is 1050 g/mol. The Kier molecular flexibility index (Phi) is 15.8. The van der Waals surface area contributed by atoms with Crippen LogP contribution in [-0.2, 0) is 31.9 Å². The molecule has 0 spiro atoms. The van der Waals surface area contributed by atoms with Crippen LogP contribution in [-0.4, -0.2) is 28.0 Å². The minimum absolute atomic E-state index is 0. The maximum Gasteiger partial charge on any atom is 2.00 e. The summed E-state index contributed by atoms with van der Waals surface area (Å²) in [6.45, 7) is 42.4. The number of amidine groups is 1. The van der Waals surface area contributed by atoms with Crippen molar-refractivity contribution < 1.29 is 25.8 Å². The van der Waals surface area contributed by atoms with Crippen LogP contribution in [0.1, 0.15) is 187 Å². The van der Waals surface area contributed by atoms with Gasteiger partial charge in [0.2, 0.25) is 0 Å². The van der Waals surface area contributed by atoms with Crippen LogP contribution in [0.4, 0.5) is 5.69 Å². The molecule has 0 radical (unpaired) electrons. The van der Waals surface area contributed by atoms with E-state index >= 15 is 0 Å².